The molecule has 0 spiro atoms. The molecule has 0 aliphatic heterocycles. The first-order valence-electron chi connectivity index (χ1n) is 9.71. The summed E-state index contributed by atoms with van der Waals surface area (Å²) in [4.78, 5) is 26.2. The standard InChI is InChI=1S/C21H31N3O3/c1-3-24(15-20(25)22-13-12-17-8-5-4-6-9-17)16-21(26)23-18-10-7-11-19(14-18)27-2/h7-8,10-11,14H,3-6,9,12-13,15-16H2,1-2H3,(H,22,25)(H,23,26). The summed E-state index contributed by atoms with van der Waals surface area (Å²) < 4.78 is 5.15. The minimum atomic E-state index is -0.148. The number of nitrogens with zero attached hydrogens (tertiary/aromatic N) is 1. The highest BCUT2D eigenvalue weighted by Crippen LogP contribution is 2.19. The van der Waals surface area contributed by atoms with Gasteiger partial charge in [0.05, 0.1) is 20.2 Å². The molecule has 6 nitrogen and oxygen atoms in total. The predicted molar refractivity (Wildman–Crippen MR) is 108 cm³/mol. The molecule has 0 fully saturated rings. The van der Waals surface area contributed by atoms with E-state index in [-0.39, 0.29) is 24.9 Å². The number of carbonyl (C=O) groups excluding carboxylic acids is 2. The maximum absolute atomic E-state index is 12.3. The monoisotopic (exact) mass is 373 g/mol. The third-order valence-corrected chi connectivity index (χ3v) is 4.69. The molecule has 0 bridgehead atoms. The fourth-order valence-corrected chi connectivity index (χ4v) is 3.14. The molecule has 0 saturated carbocycles. The predicted octanol–water partition coefficient (Wildman–Crippen LogP) is 2.96. The summed E-state index contributed by atoms with van der Waals surface area (Å²) in [6, 6.07) is 7.22. The van der Waals surface area contributed by atoms with Gasteiger partial charge < -0.3 is 15.4 Å². The van der Waals surface area contributed by atoms with Crippen LogP contribution in [0.2, 0.25) is 0 Å². The SMILES string of the molecule is CCN(CC(=O)NCCC1=CCCCC1)CC(=O)Nc1cccc(OC)c1. The van der Waals surface area contributed by atoms with Gasteiger partial charge in [0.25, 0.3) is 0 Å². The highest BCUT2D eigenvalue weighted by molar-refractivity contribution is 5.92. The number of nitrogens with one attached hydrogen (secondary N) is 2. The van der Waals surface area contributed by atoms with Crippen LogP contribution >= 0.6 is 0 Å². The number of amides is 2. The fraction of sp³-hybridized carbons (Fsp3) is 0.524. The molecule has 2 rings (SSSR count). The average molecular weight is 373 g/mol. The molecule has 1 aliphatic rings. The van der Waals surface area contributed by atoms with Gasteiger partial charge in [-0.1, -0.05) is 24.6 Å². The van der Waals surface area contributed by atoms with Crippen molar-refractivity contribution in [3.63, 3.8) is 0 Å². The Kier molecular flexibility index (Phi) is 8.84. The Bertz CT molecular complexity index is 658. The van der Waals surface area contributed by atoms with Gasteiger partial charge in [-0.3, -0.25) is 14.5 Å². The van der Waals surface area contributed by atoms with E-state index in [2.05, 4.69) is 16.7 Å². The fourth-order valence-electron chi connectivity index (χ4n) is 3.14. The molecule has 2 N–H and O–H groups in total. The molecule has 6 heteroatoms. The van der Waals surface area contributed by atoms with Gasteiger partial charge in [0.2, 0.25) is 11.8 Å². The first-order valence-corrected chi connectivity index (χ1v) is 9.71. The second-order valence-electron chi connectivity index (χ2n) is 6.79. The lowest BCUT2D eigenvalue weighted by Gasteiger charge is -2.20. The maximum atomic E-state index is 12.3. The van der Waals surface area contributed by atoms with Crippen molar-refractivity contribution in [2.24, 2.45) is 0 Å². The van der Waals surface area contributed by atoms with Crippen LogP contribution in [0.3, 0.4) is 0 Å². The third-order valence-electron chi connectivity index (χ3n) is 4.69. The minimum Gasteiger partial charge on any atom is -0.497 e. The topological polar surface area (TPSA) is 70.7 Å². The highest BCUT2D eigenvalue weighted by Gasteiger charge is 2.13. The van der Waals surface area contributed by atoms with Crippen LogP contribution in [0.15, 0.2) is 35.9 Å². The quantitative estimate of drug-likeness (QED) is 0.619. The number of hydrogen-bond acceptors (Lipinski definition) is 4. The summed E-state index contributed by atoms with van der Waals surface area (Å²) in [5.74, 6) is 0.500. The average Bonchev–Trinajstić information content (AvgIpc) is 2.68. The van der Waals surface area contributed by atoms with Crippen molar-refractivity contribution in [3.8, 4) is 5.75 Å². The molecule has 2 amide bonds. The lowest BCUT2D eigenvalue weighted by molar-refractivity contribution is -0.123. The van der Waals surface area contributed by atoms with Crippen LogP contribution in [0.5, 0.6) is 5.75 Å². The molecule has 148 valence electrons. The van der Waals surface area contributed by atoms with Crippen LogP contribution in [0.1, 0.15) is 39.0 Å². The second kappa shape index (κ2) is 11.4. The summed E-state index contributed by atoms with van der Waals surface area (Å²) in [7, 11) is 1.59. The van der Waals surface area contributed by atoms with Gasteiger partial charge in [0.1, 0.15) is 5.75 Å². The second-order valence-corrected chi connectivity index (χ2v) is 6.79. The molecule has 1 aromatic carbocycles. The first kappa shape index (κ1) is 21.0. The minimum absolute atomic E-state index is 0.0394. The van der Waals surface area contributed by atoms with Crippen molar-refractivity contribution < 1.29 is 14.3 Å². The van der Waals surface area contributed by atoms with Crippen LogP contribution in [-0.2, 0) is 9.59 Å². The van der Waals surface area contributed by atoms with Gasteiger partial charge in [-0.2, -0.15) is 0 Å². The van der Waals surface area contributed by atoms with Gasteiger partial charge in [-0.25, -0.2) is 0 Å². The van der Waals surface area contributed by atoms with Crippen LogP contribution < -0.4 is 15.4 Å². The molecule has 27 heavy (non-hydrogen) atoms. The largest absolute Gasteiger partial charge is 0.497 e. The summed E-state index contributed by atoms with van der Waals surface area (Å²) in [5.41, 5.74) is 2.13. The molecule has 1 aromatic rings. The molecular weight excluding hydrogens is 342 g/mol. The molecule has 0 saturated heterocycles. The van der Waals surface area contributed by atoms with Gasteiger partial charge >= 0.3 is 0 Å². The molecule has 0 radical (unpaired) electrons. The molecule has 1 aliphatic carbocycles. The Morgan fingerprint density at radius 2 is 2.00 bits per heavy atom. The maximum Gasteiger partial charge on any atom is 0.238 e. The number of ether oxygens (including phenoxy) is 1. The van der Waals surface area contributed by atoms with Crippen molar-refractivity contribution in [3.05, 3.63) is 35.9 Å². The zero-order chi connectivity index (χ0) is 19.5. The molecule has 0 atom stereocenters. The normalized spacial score (nSPS) is 13.8. The number of allylic oxidation sites excluding steroid dienone is 1. The molecule has 0 heterocycles. The van der Waals surface area contributed by atoms with Crippen LogP contribution in [0.4, 0.5) is 5.69 Å². The van der Waals surface area contributed by atoms with Crippen molar-refractivity contribution >= 4 is 17.5 Å². The van der Waals surface area contributed by atoms with E-state index in [4.69, 9.17) is 4.74 Å². The van der Waals surface area contributed by atoms with E-state index in [1.54, 1.807) is 13.2 Å². The Hall–Kier alpha value is -2.34. The van der Waals surface area contributed by atoms with E-state index in [1.165, 1.54) is 18.4 Å². The van der Waals surface area contributed by atoms with E-state index >= 15 is 0 Å². The number of hydrogen-bond donors (Lipinski definition) is 2. The van der Waals surface area contributed by atoms with Crippen LogP contribution in [0.25, 0.3) is 0 Å². The number of rotatable bonds is 10. The van der Waals surface area contributed by atoms with Crippen molar-refractivity contribution in [1.82, 2.24) is 10.2 Å². The van der Waals surface area contributed by atoms with E-state index in [0.717, 1.165) is 19.3 Å². The van der Waals surface area contributed by atoms with Crippen LogP contribution in [-0.4, -0.2) is 50.0 Å². The molecule has 0 unspecified atom stereocenters. The summed E-state index contributed by atoms with van der Waals surface area (Å²) in [6.45, 7) is 3.63. The lowest BCUT2D eigenvalue weighted by Crippen LogP contribution is -2.41. The summed E-state index contributed by atoms with van der Waals surface area (Å²) in [6.07, 6.45) is 8.08. The van der Waals surface area contributed by atoms with Crippen LogP contribution in [0, 0.1) is 0 Å². The van der Waals surface area contributed by atoms with Gasteiger partial charge in [0.15, 0.2) is 0 Å². The van der Waals surface area contributed by atoms with Crippen molar-refractivity contribution in [2.75, 3.05) is 38.6 Å². The van der Waals surface area contributed by atoms with Gasteiger partial charge in [-0.05, 0) is 50.8 Å². The Labute approximate surface area is 162 Å². The Balaban J connectivity index is 1.72. The number of anilines is 1. The van der Waals surface area contributed by atoms with E-state index in [9.17, 15) is 9.59 Å². The van der Waals surface area contributed by atoms with Crippen molar-refractivity contribution in [2.45, 2.75) is 39.0 Å². The third kappa shape index (κ3) is 7.83. The molecule has 0 aromatic heterocycles. The zero-order valence-electron chi connectivity index (χ0n) is 16.4. The van der Waals surface area contributed by atoms with Gasteiger partial charge in [-0.15, -0.1) is 0 Å². The van der Waals surface area contributed by atoms with E-state index in [0.29, 0.717) is 24.5 Å². The highest BCUT2D eigenvalue weighted by atomic mass is 16.5. The number of methoxy groups -OCH3 is 1. The smallest absolute Gasteiger partial charge is 0.238 e. The van der Waals surface area contributed by atoms with E-state index in [1.807, 2.05) is 30.0 Å². The van der Waals surface area contributed by atoms with E-state index < -0.39 is 0 Å². The lowest BCUT2D eigenvalue weighted by atomic mass is 9.97. The zero-order valence-corrected chi connectivity index (χ0v) is 16.4. The summed E-state index contributed by atoms with van der Waals surface area (Å²) in [5, 5.41) is 5.80. The number of benzene rings is 1. The molecular formula is C21H31N3O3. The van der Waals surface area contributed by atoms with Gasteiger partial charge in [0, 0.05) is 18.3 Å². The number of carbonyl (C=O) groups is 2. The Morgan fingerprint density at radius 3 is 2.70 bits per heavy atom. The number of likely N-dealkylation sites (N-methyl/N-ethyl adjacent to an activating group) is 1. The summed E-state index contributed by atoms with van der Waals surface area (Å²) >= 11 is 0. The first-order chi connectivity index (χ1) is 13.1. The Morgan fingerprint density at radius 1 is 1.19 bits per heavy atom. The van der Waals surface area contributed by atoms with Crippen molar-refractivity contribution in [1.29, 1.82) is 0 Å².